The number of benzene rings is 1. The van der Waals surface area contributed by atoms with E-state index in [2.05, 4.69) is 47.6 Å². The average Bonchev–Trinajstić information content (AvgIpc) is 2.33. The Morgan fingerprint density at radius 3 is 2.59 bits per heavy atom. The number of aryl methyl sites for hydroxylation is 1. The Morgan fingerprint density at radius 2 is 1.88 bits per heavy atom. The maximum atomic E-state index is 4.09. The molecule has 0 aliphatic heterocycles. The Balaban J connectivity index is 0.00000144. The summed E-state index contributed by atoms with van der Waals surface area (Å²) in [6.07, 6.45) is 3.69. The summed E-state index contributed by atoms with van der Waals surface area (Å²) in [7, 11) is 0. The van der Waals surface area contributed by atoms with Crippen molar-refractivity contribution in [3.05, 3.63) is 65.5 Å². The molecule has 0 saturated heterocycles. The van der Waals surface area contributed by atoms with Gasteiger partial charge in [0.25, 0.3) is 0 Å². The monoisotopic (exact) mass is 248 g/mol. The van der Waals surface area contributed by atoms with E-state index in [1.54, 1.807) is 6.20 Å². The Labute approximate surface area is 109 Å². The summed E-state index contributed by atoms with van der Waals surface area (Å²) in [6, 6.07) is 12.5. The smallest absolute Gasteiger partial charge is 0.0312 e. The molecule has 2 rings (SSSR count). The van der Waals surface area contributed by atoms with Gasteiger partial charge in [-0.05, 0) is 29.7 Å². The topological polar surface area (TPSA) is 24.9 Å². The van der Waals surface area contributed by atoms with E-state index in [0.717, 1.165) is 13.1 Å². The van der Waals surface area contributed by atoms with Crippen LogP contribution >= 0.6 is 12.4 Å². The Kier molecular flexibility index (Phi) is 5.67. The van der Waals surface area contributed by atoms with E-state index in [-0.39, 0.29) is 12.4 Å². The lowest BCUT2D eigenvalue weighted by atomic mass is 10.1. The molecular formula is C14H17ClN2. The molecule has 0 aliphatic carbocycles. The van der Waals surface area contributed by atoms with Crippen LogP contribution in [0.3, 0.4) is 0 Å². The summed E-state index contributed by atoms with van der Waals surface area (Å²) in [4.78, 5) is 4.09. The summed E-state index contributed by atoms with van der Waals surface area (Å²) in [5.41, 5.74) is 3.91. The normalized spacial score (nSPS) is 9.71. The second kappa shape index (κ2) is 7.05. The van der Waals surface area contributed by atoms with Crippen LogP contribution in [0.15, 0.2) is 48.8 Å². The van der Waals surface area contributed by atoms with Gasteiger partial charge >= 0.3 is 0 Å². The average molecular weight is 249 g/mol. The van der Waals surface area contributed by atoms with Crippen LogP contribution in [0, 0.1) is 6.92 Å². The van der Waals surface area contributed by atoms with Crippen LogP contribution in [0.4, 0.5) is 0 Å². The van der Waals surface area contributed by atoms with Crippen LogP contribution < -0.4 is 5.32 Å². The van der Waals surface area contributed by atoms with Gasteiger partial charge in [0, 0.05) is 25.5 Å². The third-order valence-corrected chi connectivity index (χ3v) is 2.63. The maximum absolute atomic E-state index is 4.09. The molecular weight excluding hydrogens is 232 g/mol. The summed E-state index contributed by atoms with van der Waals surface area (Å²) in [5, 5.41) is 3.42. The van der Waals surface area contributed by atoms with Crippen LogP contribution in [0.2, 0.25) is 0 Å². The Bertz CT molecular complexity index is 443. The molecule has 3 heteroatoms. The highest BCUT2D eigenvalue weighted by molar-refractivity contribution is 5.85. The number of aromatic nitrogens is 1. The standard InChI is InChI=1S/C14H16N2.ClH/c1-12-5-2-3-7-14(12)11-16-10-13-6-4-8-15-9-13;/h2-9,16H,10-11H2,1H3;1H. The zero-order chi connectivity index (χ0) is 11.2. The molecule has 0 amide bonds. The van der Waals surface area contributed by atoms with Gasteiger partial charge in [-0.25, -0.2) is 0 Å². The van der Waals surface area contributed by atoms with Crippen molar-refractivity contribution in [2.75, 3.05) is 0 Å². The van der Waals surface area contributed by atoms with Crippen molar-refractivity contribution in [1.82, 2.24) is 10.3 Å². The molecule has 1 aromatic carbocycles. The number of nitrogens with zero attached hydrogens (tertiary/aromatic N) is 1. The van der Waals surface area contributed by atoms with E-state index in [1.807, 2.05) is 12.3 Å². The van der Waals surface area contributed by atoms with Gasteiger partial charge in [-0.3, -0.25) is 4.98 Å². The zero-order valence-corrected chi connectivity index (χ0v) is 10.7. The summed E-state index contributed by atoms with van der Waals surface area (Å²) in [5.74, 6) is 0. The highest BCUT2D eigenvalue weighted by Gasteiger charge is 1.96. The van der Waals surface area contributed by atoms with Crippen molar-refractivity contribution in [2.24, 2.45) is 0 Å². The molecule has 0 radical (unpaired) electrons. The van der Waals surface area contributed by atoms with Gasteiger partial charge in [-0.2, -0.15) is 0 Å². The highest BCUT2D eigenvalue weighted by Crippen LogP contribution is 2.06. The predicted octanol–water partition coefficient (Wildman–Crippen LogP) is 3.10. The first-order valence-electron chi connectivity index (χ1n) is 5.50. The van der Waals surface area contributed by atoms with E-state index >= 15 is 0 Å². The first-order valence-corrected chi connectivity index (χ1v) is 5.50. The third kappa shape index (κ3) is 4.17. The molecule has 0 unspecified atom stereocenters. The first-order chi connectivity index (χ1) is 7.86. The predicted molar refractivity (Wildman–Crippen MR) is 73.2 cm³/mol. The number of nitrogens with one attached hydrogen (secondary N) is 1. The van der Waals surface area contributed by atoms with Crippen molar-refractivity contribution < 1.29 is 0 Å². The molecule has 17 heavy (non-hydrogen) atoms. The second-order valence-electron chi connectivity index (χ2n) is 3.89. The minimum Gasteiger partial charge on any atom is -0.309 e. The molecule has 90 valence electrons. The molecule has 2 aromatic rings. The number of hydrogen-bond acceptors (Lipinski definition) is 2. The van der Waals surface area contributed by atoms with Gasteiger partial charge < -0.3 is 5.32 Å². The zero-order valence-electron chi connectivity index (χ0n) is 9.89. The van der Waals surface area contributed by atoms with Crippen LogP contribution in [0.25, 0.3) is 0 Å². The molecule has 1 aromatic heterocycles. The molecule has 1 N–H and O–H groups in total. The fourth-order valence-corrected chi connectivity index (χ4v) is 1.65. The SMILES string of the molecule is Cc1ccccc1CNCc1cccnc1.Cl. The van der Waals surface area contributed by atoms with Crippen molar-refractivity contribution in [2.45, 2.75) is 20.0 Å². The molecule has 0 saturated carbocycles. The lowest BCUT2D eigenvalue weighted by molar-refractivity contribution is 0.689. The van der Waals surface area contributed by atoms with E-state index in [1.165, 1.54) is 16.7 Å². The molecule has 0 atom stereocenters. The van der Waals surface area contributed by atoms with Gasteiger partial charge in [-0.1, -0.05) is 30.3 Å². The van der Waals surface area contributed by atoms with Crippen LogP contribution in [0.1, 0.15) is 16.7 Å². The first kappa shape index (κ1) is 13.7. The van der Waals surface area contributed by atoms with E-state index in [4.69, 9.17) is 0 Å². The van der Waals surface area contributed by atoms with Gasteiger partial charge in [0.15, 0.2) is 0 Å². The summed E-state index contributed by atoms with van der Waals surface area (Å²) >= 11 is 0. The van der Waals surface area contributed by atoms with Crippen molar-refractivity contribution >= 4 is 12.4 Å². The van der Waals surface area contributed by atoms with Gasteiger partial charge in [0.05, 0.1) is 0 Å². The van der Waals surface area contributed by atoms with Crippen molar-refractivity contribution in [1.29, 1.82) is 0 Å². The molecule has 0 fully saturated rings. The molecule has 0 spiro atoms. The van der Waals surface area contributed by atoms with Crippen molar-refractivity contribution in [3.8, 4) is 0 Å². The minimum atomic E-state index is 0. The summed E-state index contributed by atoms with van der Waals surface area (Å²) in [6.45, 7) is 3.91. The number of pyridine rings is 1. The van der Waals surface area contributed by atoms with Crippen LogP contribution in [0.5, 0.6) is 0 Å². The van der Waals surface area contributed by atoms with E-state index < -0.39 is 0 Å². The van der Waals surface area contributed by atoms with Crippen molar-refractivity contribution in [3.63, 3.8) is 0 Å². The second-order valence-corrected chi connectivity index (χ2v) is 3.89. The Morgan fingerprint density at radius 1 is 1.06 bits per heavy atom. The Hall–Kier alpha value is -1.38. The van der Waals surface area contributed by atoms with Crippen LogP contribution in [-0.2, 0) is 13.1 Å². The van der Waals surface area contributed by atoms with Gasteiger partial charge in [0.2, 0.25) is 0 Å². The maximum Gasteiger partial charge on any atom is 0.0312 e. The van der Waals surface area contributed by atoms with E-state index in [0.29, 0.717) is 0 Å². The molecule has 0 aliphatic rings. The number of rotatable bonds is 4. The van der Waals surface area contributed by atoms with Crippen LogP contribution in [-0.4, -0.2) is 4.98 Å². The largest absolute Gasteiger partial charge is 0.309 e. The van der Waals surface area contributed by atoms with Gasteiger partial charge in [0.1, 0.15) is 0 Å². The highest BCUT2D eigenvalue weighted by atomic mass is 35.5. The van der Waals surface area contributed by atoms with Gasteiger partial charge in [-0.15, -0.1) is 12.4 Å². The summed E-state index contributed by atoms with van der Waals surface area (Å²) < 4.78 is 0. The number of hydrogen-bond donors (Lipinski definition) is 1. The number of halogens is 1. The van der Waals surface area contributed by atoms with E-state index in [9.17, 15) is 0 Å². The lowest BCUT2D eigenvalue weighted by Gasteiger charge is -2.07. The minimum absolute atomic E-state index is 0. The quantitative estimate of drug-likeness (QED) is 0.900. The fourth-order valence-electron chi connectivity index (χ4n) is 1.65. The molecule has 2 nitrogen and oxygen atoms in total. The lowest BCUT2D eigenvalue weighted by Crippen LogP contribution is -2.13. The fraction of sp³-hybridized carbons (Fsp3) is 0.214. The molecule has 0 bridgehead atoms. The molecule has 1 heterocycles. The third-order valence-electron chi connectivity index (χ3n) is 2.63.